The number of hydrogen-bond donors (Lipinski definition) is 2. The fourth-order valence-electron chi connectivity index (χ4n) is 3.83. The van der Waals surface area contributed by atoms with Crippen LogP contribution in [-0.2, 0) is 6.42 Å². The summed E-state index contributed by atoms with van der Waals surface area (Å²) in [5.74, 6) is 1.86. The first-order chi connectivity index (χ1) is 14.3. The molecule has 1 aliphatic rings. The molecule has 4 rings (SSSR count). The van der Waals surface area contributed by atoms with E-state index >= 15 is 0 Å². The minimum absolute atomic E-state index is 0. The number of rotatable bonds is 8. The fraction of sp³-hybridized carbons (Fsp3) is 0.455. The van der Waals surface area contributed by atoms with Gasteiger partial charge in [0.25, 0.3) is 0 Å². The van der Waals surface area contributed by atoms with Gasteiger partial charge >= 0.3 is 0 Å². The molecule has 0 amide bonds. The Morgan fingerprint density at radius 3 is 2.77 bits per heavy atom. The van der Waals surface area contributed by atoms with Gasteiger partial charge in [-0.2, -0.15) is 0 Å². The van der Waals surface area contributed by atoms with Gasteiger partial charge in [0.05, 0.1) is 27.5 Å². The predicted molar refractivity (Wildman–Crippen MR) is 135 cm³/mol. The van der Waals surface area contributed by atoms with Gasteiger partial charge in [0.1, 0.15) is 5.76 Å². The molecule has 0 saturated carbocycles. The van der Waals surface area contributed by atoms with Gasteiger partial charge in [-0.3, -0.25) is 9.89 Å². The van der Waals surface area contributed by atoms with Crippen LogP contribution in [0, 0.1) is 0 Å². The molecule has 2 aromatic heterocycles. The third kappa shape index (κ3) is 5.95. The summed E-state index contributed by atoms with van der Waals surface area (Å²) in [6, 6.07) is 12.6. The molecule has 1 atom stereocenters. The number of halogens is 1. The van der Waals surface area contributed by atoms with Gasteiger partial charge < -0.3 is 15.1 Å². The van der Waals surface area contributed by atoms with E-state index in [4.69, 9.17) is 9.40 Å². The third-order valence-electron chi connectivity index (χ3n) is 5.34. The Balaban J connectivity index is 0.00000256. The second-order valence-corrected chi connectivity index (χ2v) is 8.45. The molecule has 1 aliphatic heterocycles. The van der Waals surface area contributed by atoms with E-state index < -0.39 is 0 Å². The van der Waals surface area contributed by atoms with Gasteiger partial charge in [-0.25, -0.2) is 4.98 Å². The summed E-state index contributed by atoms with van der Waals surface area (Å²) < 4.78 is 6.96. The van der Waals surface area contributed by atoms with Crippen molar-refractivity contribution in [2.24, 2.45) is 4.99 Å². The van der Waals surface area contributed by atoms with Crippen molar-refractivity contribution in [3.8, 4) is 0 Å². The molecule has 1 saturated heterocycles. The second kappa shape index (κ2) is 11.7. The van der Waals surface area contributed by atoms with Crippen LogP contribution in [0.4, 0.5) is 0 Å². The molecule has 1 unspecified atom stereocenters. The molecule has 2 N–H and O–H groups in total. The Morgan fingerprint density at radius 2 is 2.03 bits per heavy atom. The Labute approximate surface area is 199 Å². The van der Waals surface area contributed by atoms with Crippen molar-refractivity contribution in [2.45, 2.75) is 31.7 Å². The lowest BCUT2D eigenvalue weighted by Crippen LogP contribution is -2.42. The van der Waals surface area contributed by atoms with Gasteiger partial charge in [-0.05, 0) is 56.6 Å². The van der Waals surface area contributed by atoms with Crippen molar-refractivity contribution in [3.63, 3.8) is 0 Å². The smallest absolute Gasteiger partial charge is 0.191 e. The van der Waals surface area contributed by atoms with Crippen LogP contribution in [0.2, 0.25) is 0 Å². The number of fused-ring (bicyclic) bond motifs is 1. The van der Waals surface area contributed by atoms with Gasteiger partial charge in [0.2, 0.25) is 0 Å². The van der Waals surface area contributed by atoms with Crippen molar-refractivity contribution in [2.75, 3.05) is 33.2 Å². The molecule has 0 aliphatic carbocycles. The standard InChI is InChI=1S/C22H29N5OS.HI/c1-23-22(24-12-6-11-21-26-17-8-2-3-10-20(17)29-21)25-16-18(19-9-7-15-28-19)27-13-4-5-14-27;/h2-3,7-10,15,18H,4-6,11-14,16H2,1H3,(H2,23,24,25);1H. The molecular weight excluding hydrogens is 509 g/mol. The van der Waals surface area contributed by atoms with Crippen molar-refractivity contribution in [1.29, 1.82) is 0 Å². The maximum absolute atomic E-state index is 5.70. The lowest BCUT2D eigenvalue weighted by Gasteiger charge is -2.26. The van der Waals surface area contributed by atoms with E-state index in [9.17, 15) is 0 Å². The molecular formula is C22H30IN5OS. The number of aryl methyl sites for hydroxylation is 1. The highest BCUT2D eigenvalue weighted by Crippen LogP contribution is 2.25. The highest BCUT2D eigenvalue weighted by Gasteiger charge is 2.25. The lowest BCUT2D eigenvalue weighted by molar-refractivity contribution is 0.215. The lowest BCUT2D eigenvalue weighted by atomic mass is 10.2. The summed E-state index contributed by atoms with van der Waals surface area (Å²) in [7, 11) is 1.82. The minimum atomic E-state index is 0. The molecule has 3 heterocycles. The molecule has 30 heavy (non-hydrogen) atoms. The first kappa shape index (κ1) is 23.0. The molecule has 1 aromatic carbocycles. The number of furan rings is 1. The number of aliphatic imine (C=N–C) groups is 1. The maximum atomic E-state index is 5.70. The number of para-hydroxylation sites is 1. The zero-order valence-electron chi connectivity index (χ0n) is 17.3. The number of aromatic nitrogens is 1. The number of benzene rings is 1. The number of hydrogen-bond acceptors (Lipinski definition) is 5. The largest absolute Gasteiger partial charge is 0.468 e. The summed E-state index contributed by atoms with van der Waals surface area (Å²) in [6.45, 7) is 3.90. The number of guanidine groups is 1. The number of thiazole rings is 1. The topological polar surface area (TPSA) is 65.7 Å². The first-order valence-electron chi connectivity index (χ1n) is 10.4. The van der Waals surface area contributed by atoms with E-state index in [-0.39, 0.29) is 30.0 Å². The van der Waals surface area contributed by atoms with E-state index in [0.717, 1.165) is 56.3 Å². The van der Waals surface area contributed by atoms with E-state index in [1.54, 1.807) is 17.6 Å². The van der Waals surface area contributed by atoms with Crippen LogP contribution in [-0.4, -0.2) is 49.1 Å². The molecule has 1 fully saturated rings. The van der Waals surface area contributed by atoms with Crippen LogP contribution < -0.4 is 10.6 Å². The van der Waals surface area contributed by atoms with Crippen LogP contribution in [0.15, 0.2) is 52.1 Å². The summed E-state index contributed by atoms with van der Waals surface area (Å²) in [4.78, 5) is 11.6. The number of nitrogens with zero attached hydrogens (tertiary/aromatic N) is 3. The Hall–Kier alpha value is -1.65. The van der Waals surface area contributed by atoms with E-state index in [1.807, 2.05) is 19.2 Å². The Bertz CT molecular complexity index is 888. The second-order valence-electron chi connectivity index (χ2n) is 7.33. The zero-order chi connectivity index (χ0) is 19.9. The SMILES string of the molecule is CN=C(NCCCc1nc2ccccc2s1)NCC(c1ccco1)N1CCCC1.I. The zero-order valence-corrected chi connectivity index (χ0v) is 20.5. The summed E-state index contributed by atoms with van der Waals surface area (Å²) >= 11 is 1.79. The normalized spacial score (nSPS) is 15.8. The van der Waals surface area contributed by atoms with Crippen molar-refractivity contribution >= 4 is 51.5 Å². The molecule has 3 aromatic rings. The van der Waals surface area contributed by atoms with E-state index in [1.165, 1.54) is 22.5 Å². The molecule has 0 spiro atoms. The van der Waals surface area contributed by atoms with Gasteiger partial charge in [-0.15, -0.1) is 35.3 Å². The average Bonchev–Trinajstić information content (AvgIpc) is 3.51. The van der Waals surface area contributed by atoms with Crippen molar-refractivity contribution in [3.05, 3.63) is 53.4 Å². The minimum Gasteiger partial charge on any atom is -0.468 e. The number of nitrogens with one attached hydrogen (secondary N) is 2. The maximum Gasteiger partial charge on any atom is 0.191 e. The molecule has 162 valence electrons. The first-order valence-corrected chi connectivity index (χ1v) is 11.2. The van der Waals surface area contributed by atoms with Crippen LogP contribution in [0.1, 0.15) is 36.1 Å². The van der Waals surface area contributed by atoms with Gasteiger partial charge in [0.15, 0.2) is 5.96 Å². The van der Waals surface area contributed by atoms with Crippen molar-refractivity contribution < 1.29 is 4.42 Å². The van der Waals surface area contributed by atoms with Crippen LogP contribution in [0.5, 0.6) is 0 Å². The Kier molecular flexibility index (Phi) is 8.95. The van der Waals surface area contributed by atoms with Crippen LogP contribution in [0.3, 0.4) is 0 Å². The molecule has 0 bridgehead atoms. The van der Waals surface area contributed by atoms with Crippen LogP contribution >= 0.6 is 35.3 Å². The molecule has 8 heteroatoms. The fourth-order valence-corrected chi connectivity index (χ4v) is 4.84. The van der Waals surface area contributed by atoms with Gasteiger partial charge in [-0.1, -0.05) is 12.1 Å². The highest BCUT2D eigenvalue weighted by molar-refractivity contribution is 14.0. The van der Waals surface area contributed by atoms with Crippen molar-refractivity contribution in [1.82, 2.24) is 20.5 Å². The molecule has 0 radical (unpaired) electrons. The van der Waals surface area contributed by atoms with E-state index in [2.05, 4.69) is 44.8 Å². The summed E-state index contributed by atoms with van der Waals surface area (Å²) in [6.07, 6.45) is 6.28. The quantitative estimate of drug-likeness (QED) is 0.192. The Morgan fingerprint density at radius 1 is 1.20 bits per heavy atom. The average molecular weight is 539 g/mol. The molecule has 6 nitrogen and oxygen atoms in total. The van der Waals surface area contributed by atoms with E-state index in [0.29, 0.717) is 0 Å². The monoisotopic (exact) mass is 539 g/mol. The third-order valence-corrected chi connectivity index (χ3v) is 6.43. The number of likely N-dealkylation sites (tertiary alicyclic amines) is 1. The summed E-state index contributed by atoms with van der Waals surface area (Å²) in [5, 5.41) is 8.11. The predicted octanol–water partition coefficient (Wildman–Crippen LogP) is 4.44. The highest BCUT2D eigenvalue weighted by atomic mass is 127. The van der Waals surface area contributed by atoms with Crippen LogP contribution in [0.25, 0.3) is 10.2 Å². The summed E-state index contributed by atoms with van der Waals surface area (Å²) in [5.41, 5.74) is 1.10. The van der Waals surface area contributed by atoms with Gasteiger partial charge in [0, 0.05) is 26.6 Å².